The number of aromatic amines is 1. The third kappa shape index (κ3) is 2.69. The molecule has 1 fully saturated rings. The lowest BCUT2D eigenvalue weighted by Crippen LogP contribution is -2.44. The molecule has 4 heteroatoms. The Morgan fingerprint density at radius 3 is 2.65 bits per heavy atom. The molecule has 0 saturated carbocycles. The maximum atomic E-state index is 6.07. The molecule has 2 atom stereocenters. The summed E-state index contributed by atoms with van der Waals surface area (Å²) in [6.45, 7) is 10.7. The molecule has 0 spiro atoms. The molecule has 2 heterocycles. The van der Waals surface area contributed by atoms with Gasteiger partial charge in [-0.15, -0.1) is 0 Å². The second-order valence-electron chi connectivity index (χ2n) is 6.08. The fraction of sp³-hybridized carbons (Fsp3) is 0.769. The van der Waals surface area contributed by atoms with Gasteiger partial charge >= 0.3 is 0 Å². The standard InChI is InChI=1S/C13H23N3O/c1-9(11-14-6-7-15-11)16-10-8-12(2,3)17-13(10,4)5/h6-7,9-10,16H,8H2,1-5H3,(H,14,15). The Kier molecular flexibility index (Phi) is 3.04. The Morgan fingerprint density at radius 1 is 1.47 bits per heavy atom. The molecule has 4 nitrogen and oxygen atoms in total. The minimum atomic E-state index is -0.135. The highest BCUT2D eigenvalue weighted by atomic mass is 16.5. The smallest absolute Gasteiger partial charge is 0.122 e. The molecule has 0 amide bonds. The summed E-state index contributed by atoms with van der Waals surface area (Å²) in [4.78, 5) is 7.43. The molecule has 1 saturated heterocycles. The van der Waals surface area contributed by atoms with Crippen LogP contribution in [0.2, 0.25) is 0 Å². The zero-order valence-corrected chi connectivity index (χ0v) is 11.4. The van der Waals surface area contributed by atoms with Crippen molar-refractivity contribution in [3.05, 3.63) is 18.2 Å². The zero-order valence-electron chi connectivity index (χ0n) is 11.4. The number of ether oxygens (including phenoxy) is 1. The molecule has 2 N–H and O–H groups in total. The maximum absolute atomic E-state index is 6.07. The van der Waals surface area contributed by atoms with Crippen LogP contribution >= 0.6 is 0 Å². The van der Waals surface area contributed by atoms with E-state index in [0.29, 0.717) is 6.04 Å². The molecular weight excluding hydrogens is 214 g/mol. The van der Waals surface area contributed by atoms with Crippen LogP contribution in [0.25, 0.3) is 0 Å². The van der Waals surface area contributed by atoms with Crippen LogP contribution in [0.4, 0.5) is 0 Å². The summed E-state index contributed by atoms with van der Waals surface area (Å²) in [5.74, 6) is 0.977. The SMILES string of the molecule is CC(NC1CC(C)(C)OC1(C)C)c1ncc[nH]1. The zero-order chi connectivity index (χ0) is 12.7. The number of H-pyrrole nitrogens is 1. The third-order valence-electron chi connectivity index (χ3n) is 3.45. The molecule has 17 heavy (non-hydrogen) atoms. The van der Waals surface area contributed by atoms with Gasteiger partial charge < -0.3 is 15.0 Å². The Bertz CT molecular complexity index is 370. The normalized spacial score (nSPS) is 28.2. The Morgan fingerprint density at radius 2 is 2.18 bits per heavy atom. The van der Waals surface area contributed by atoms with Crippen LogP contribution in [0.1, 0.15) is 52.9 Å². The fourth-order valence-corrected chi connectivity index (χ4v) is 2.72. The first kappa shape index (κ1) is 12.6. The molecule has 1 aliphatic heterocycles. The summed E-state index contributed by atoms with van der Waals surface area (Å²) in [7, 11) is 0. The van der Waals surface area contributed by atoms with E-state index in [2.05, 4.69) is 49.9 Å². The predicted octanol–water partition coefficient (Wildman–Crippen LogP) is 2.41. The van der Waals surface area contributed by atoms with Gasteiger partial charge in [0.2, 0.25) is 0 Å². The Labute approximate surface area is 103 Å². The van der Waals surface area contributed by atoms with E-state index in [1.54, 1.807) is 6.20 Å². The summed E-state index contributed by atoms with van der Waals surface area (Å²) in [6, 6.07) is 0.560. The van der Waals surface area contributed by atoms with Crippen molar-refractivity contribution < 1.29 is 4.74 Å². The first-order valence-corrected chi connectivity index (χ1v) is 6.26. The third-order valence-corrected chi connectivity index (χ3v) is 3.45. The number of imidazole rings is 1. The number of hydrogen-bond acceptors (Lipinski definition) is 3. The van der Waals surface area contributed by atoms with E-state index in [1.165, 1.54) is 0 Å². The van der Waals surface area contributed by atoms with Crippen molar-refractivity contribution in [2.75, 3.05) is 0 Å². The summed E-state index contributed by atoms with van der Waals surface area (Å²) in [5, 5.41) is 3.61. The molecular formula is C13H23N3O. The number of nitrogens with one attached hydrogen (secondary N) is 2. The first-order valence-electron chi connectivity index (χ1n) is 6.26. The lowest BCUT2D eigenvalue weighted by Gasteiger charge is -2.29. The van der Waals surface area contributed by atoms with Crippen molar-refractivity contribution in [3.8, 4) is 0 Å². The quantitative estimate of drug-likeness (QED) is 0.848. The number of rotatable bonds is 3. The van der Waals surface area contributed by atoms with Gasteiger partial charge in [0.05, 0.1) is 17.2 Å². The van der Waals surface area contributed by atoms with E-state index < -0.39 is 0 Å². The van der Waals surface area contributed by atoms with Gasteiger partial charge in [0.15, 0.2) is 0 Å². The molecule has 2 rings (SSSR count). The molecule has 1 aromatic rings. The van der Waals surface area contributed by atoms with Crippen LogP contribution in [0.15, 0.2) is 12.4 Å². The van der Waals surface area contributed by atoms with Crippen molar-refractivity contribution >= 4 is 0 Å². The van der Waals surface area contributed by atoms with Gasteiger partial charge in [0.25, 0.3) is 0 Å². The van der Waals surface area contributed by atoms with Crippen LogP contribution in [0.3, 0.4) is 0 Å². The summed E-state index contributed by atoms with van der Waals surface area (Å²) < 4.78 is 6.07. The second kappa shape index (κ2) is 4.10. The largest absolute Gasteiger partial charge is 0.368 e. The van der Waals surface area contributed by atoms with Crippen molar-refractivity contribution in [1.82, 2.24) is 15.3 Å². The lowest BCUT2D eigenvalue weighted by atomic mass is 9.94. The van der Waals surface area contributed by atoms with Crippen molar-refractivity contribution in [2.45, 2.75) is 64.3 Å². The molecule has 1 aromatic heterocycles. The van der Waals surface area contributed by atoms with E-state index >= 15 is 0 Å². The van der Waals surface area contributed by atoms with Gasteiger partial charge in [-0.25, -0.2) is 4.98 Å². The lowest BCUT2D eigenvalue weighted by molar-refractivity contribution is -0.0704. The molecule has 2 unspecified atom stereocenters. The summed E-state index contributed by atoms with van der Waals surface area (Å²) in [6.07, 6.45) is 4.66. The highest BCUT2D eigenvalue weighted by Crippen LogP contribution is 2.38. The number of aromatic nitrogens is 2. The van der Waals surface area contributed by atoms with Crippen LogP contribution in [0, 0.1) is 0 Å². The van der Waals surface area contributed by atoms with E-state index in [0.717, 1.165) is 12.2 Å². The fourth-order valence-electron chi connectivity index (χ4n) is 2.72. The number of hydrogen-bond donors (Lipinski definition) is 2. The first-order chi connectivity index (χ1) is 7.80. The minimum Gasteiger partial charge on any atom is -0.368 e. The maximum Gasteiger partial charge on any atom is 0.122 e. The van der Waals surface area contributed by atoms with Crippen LogP contribution in [0.5, 0.6) is 0 Å². The van der Waals surface area contributed by atoms with E-state index in [-0.39, 0.29) is 17.2 Å². The second-order valence-corrected chi connectivity index (χ2v) is 6.08. The topological polar surface area (TPSA) is 49.9 Å². The molecule has 0 aliphatic carbocycles. The number of nitrogens with zero attached hydrogens (tertiary/aromatic N) is 1. The van der Waals surface area contributed by atoms with Gasteiger partial charge in [0, 0.05) is 18.4 Å². The molecule has 1 aliphatic rings. The summed E-state index contributed by atoms with van der Waals surface area (Å²) >= 11 is 0. The highest BCUT2D eigenvalue weighted by molar-refractivity contribution is 5.02. The van der Waals surface area contributed by atoms with Crippen molar-refractivity contribution in [3.63, 3.8) is 0 Å². The van der Waals surface area contributed by atoms with E-state index in [1.807, 2.05) is 6.20 Å². The van der Waals surface area contributed by atoms with Crippen molar-refractivity contribution in [2.24, 2.45) is 0 Å². The molecule has 0 radical (unpaired) electrons. The van der Waals surface area contributed by atoms with Crippen molar-refractivity contribution in [1.29, 1.82) is 0 Å². The molecule has 0 aromatic carbocycles. The summed E-state index contributed by atoms with van der Waals surface area (Å²) in [5.41, 5.74) is -0.186. The monoisotopic (exact) mass is 237 g/mol. The van der Waals surface area contributed by atoms with Gasteiger partial charge in [-0.3, -0.25) is 0 Å². The Hall–Kier alpha value is -0.870. The minimum absolute atomic E-state index is 0.0515. The Balaban J connectivity index is 2.04. The van der Waals surface area contributed by atoms with Gasteiger partial charge in [-0.05, 0) is 41.0 Å². The van der Waals surface area contributed by atoms with Gasteiger partial charge in [0.1, 0.15) is 5.82 Å². The van der Waals surface area contributed by atoms with Gasteiger partial charge in [-0.1, -0.05) is 0 Å². The predicted molar refractivity (Wildman–Crippen MR) is 67.8 cm³/mol. The van der Waals surface area contributed by atoms with Crippen LogP contribution in [-0.4, -0.2) is 27.2 Å². The molecule has 96 valence electrons. The average Bonchev–Trinajstić information content (AvgIpc) is 2.72. The van der Waals surface area contributed by atoms with E-state index in [4.69, 9.17) is 4.74 Å². The highest BCUT2D eigenvalue weighted by Gasteiger charge is 2.46. The van der Waals surface area contributed by atoms with Crippen LogP contribution in [-0.2, 0) is 4.74 Å². The van der Waals surface area contributed by atoms with Gasteiger partial charge in [-0.2, -0.15) is 0 Å². The van der Waals surface area contributed by atoms with Crippen LogP contribution < -0.4 is 5.32 Å². The average molecular weight is 237 g/mol. The molecule has 0 bridgehead atoms. The van der Waals surface area contributed by atoms with E-state index in [9.17, 15) is 0 Å².